The van der Waals surface area contributed by atoms with Crippen molar-refractivity contribution in [1.82, 2.24) is 5.32 Å². The molecule has 1 aromatic carbocycles. The average Bonchev–Trinajstić information content (AvgIpc) is 3.31. The van der Waals surface area contributed by atoms with Crippen LogP contribution in [0.15, 0.2) is 18.2 Å². The van der Waals surface area contributed by atoms with Crippen LogP contribution in [0.4, 0.5) is 5.69 Å². The largest absolute Gasteiger partial charge is 0.374 e. The molecule has 3 rings (SSSR count). The predicted octanol–water partition coefficient (Wildman–Crippen LogP) is 4.61. The van der Waals surface area contributed by atoms with Crippen LogP contribution in [0.1, 0.15) is 50.5 Å². The molecule has 0 amide bonds. The Labute approximate surface area is 133 Å². The minimum Gasteiger partial charge on any atom is -0.374 e. The highest BCUT2D eigenvalue weighted by molar-refractivity contribution is 6.31. The summed E-state index contributed by atoms with van der Waals surface area (Å²) in [5, 5.41) is 4.43. The number of rotatable bonds is 6. The lowest BCUT2D eigenvalue weighted by Gasteiger charge is -2.28. The summed E-state index contributed by atoms with van der Waals surface area (Å²) in [6.07, 6.45) is 9.66. The highest BCUT2D eigenvalue weighted by Crippen LogP contribution is 2.28. The van der Waals surface area contributed by atoms with Crippen LogP contribution in [-0.2, 0) is 6.54 Å². The lowest BCUT2D eigenvalue weighted by atomic mass is 9.89. The minimum absolute atomic E-state index is 0.731. The molecule has 116 valence electrons. The number of nitrogens with zero attached hydrogens (tertiary/aromatic N) is 1. The summed E-state index contributed by atoms with van der Waals surface area (Å²) in [5.74, 6) is 0.860. The van der Waals surface area contributed by atoms with E-state index in [-0.39, 0.29) is 0 Å². The van der Waals surface area contributed by atoms with Gasteiger partial charge in [0.2, 0.25) is 0 Å². The van der Waals surface area contributed by atoms with Crippen molar-refractivity contribution in [3.05, 3.63) is 28.8 Å². The second-order valence-electron chi connectivity index (χ2n) is 6.82. The molecular weight excluding hydrogens is 280 g/mol. The molecule has 1 N–H and O–H groups in total. The maximum Gasteiger partial charge on any atom is 0.0471 e. The monoisotopic (exact) mass is 306 g/mol. The highest BCUT2D eigenvalue weighted by Gasteiger charge is 2.20. The Hall–Kier alpha value is -0.730. The van der Waals surface area contributed by atoms with Gasteiger partial charge in [-0.25, -0.2) is 0 Å². The number of hydrogen-bond donors (Lipinski definition) is 1. The summed E-state index contributed by atoms with van der Waals surface area (Å²) in [6.45, 7) is 2.06. The molecule has 0 aliphatic heterocycles. The Kier molecular flexibility index (Phi) is 5.07. The van der Waals surface area contributed by atoms with E-state index in [4.69, 9.17) is 11.6 Å². The second kappa shape index (κ2) is 7.02. The van der Waals surface area contributed by atoms with E-state index in [2.05, 4.69) is 35.5 Å². The van der Waals surface area contributed by atoms with Crippen LogP contribution in [0.2, 0.25) is 5.02 Å². The summed E-state index contributed by atoms with van der Waals surface area (Å²) in [4.78, 5) is 2.37. The van der Waals surface area contributed by atoms with Crippen LogP contribution in [0.5, 0.6) is 0 Å². The molecule has 2 nitrogen and oxygen atoms in total. The first kappa shape index (κ1) is 15.2. The first-order chi connectivity index (χ1) is 10.2. The fourth-order valence-electron chi connectivity index (χ4n) is 3.32. The van der Waals surface area contributed by atoms with Gasteiger partial charge in [-0.15, -0.1) is 0 Å². The third-order valence-electron chi connectivity index (χ3n) is 4.89. The van der Waals surface area contributed by atoms with Gasteiger partial charge >= 0.3 is 0 Å². The minimum atomic E-state index is 0.731. The van der Waals surface area contributed by atoms with E-state index in [1.165, 1.54) is 56.2 Å². The van der Waals surface area contributed by atoms with Gasteiger partial charge < -0.3 is 10.2 Å². The van der Waals surface area contributed by atoms with Crippen LogP contribution in [0.3, 0.4) is 0 Å². The Balaban J connectivity index is 1.57. The first-order valence-corrected chi connectivity index (χ1v) is 8.83. The molecule has 3 heteroatoms. The number of anilines is 1. The first-order valence-electron chi connectivity index (χ1n) is 8.45. The van der Waals surface area contributed by atoms with Crippen molar-refractivity contribution in [2.75, 3.05) is 18.5 Å². The molecule has 0 spiro atoms. The van der Waals surface area contributed by atoms with Gasteiger partial charge in [-0.2, -0.15) is 0 Å². The van der Waals surface area contributed by atoms with Crippen molar-refractivity contribution >= 4 is 17.3 Å². The second-order valence-corrected chi connectivity index (χ2v) is 7.22. The van der Waals surface area contributed by atoms with Crippen LogP contribution in [-0.4, -0.2) is 19.6 Å². The summed E-state index contributed by atoms with van der Waals surface area (Å²) >= 11 is 6.45. The van der Waals surface area contributed by atoms with Gasteiger partial charge in [0.25, 0.3) is 0 Å². The lowest BCUT2D eigenvalue weighted by Crippen LogP contribution is -2.26. The normalized spacial score (nSPS) is 19.7. The highest BCUT2D eigenvalue weighted by atomic mass is 35.5. The van der Waals surface area contributed by atoms with E-state index < -0.39 is 0 Å². The molecular formula is C18H27ClN2. The smallest absolute Gasteiger partial charge is 0.0471 e. The fourth-order valence-corrected chi connectivity index (χ4v) is 3.56. The Morgan fingerprint density at radius 3 is 2.57 bits per heavy atom. The van der Waals surface area contributed by atoms with E-state index in [9.17, 15) is 0 Å². The number of halogens is 1. The van der Waals surface area contributed by atoms with Crippen LogP contribution in [0.25, 0.3) is 0 Å². The third-order valence-corrected chi connectivity index (χ3v) is 5.24. The molecule has 0 saturated heterocycles. The zero-order valence-electron chi connectivity index (χ0n) is 13.1. The van der Waals surface area contributed by atoms with Crippen molar-refractivity contribution < 1.29 is 0 Å². The summed E-state index contributed by atoms with van der Waals surface area (Å²) in [5.41, 5.74) is 2.47. The summed E-state index contributed by atoms with van der Waals surface area (Å²) in [6, 6.07) is 7.27. The number of nitrogens with one attached hydrogen (secondary N) is 1. The third kappa shape index (κ3) is 4.37. The van der Waals surface area contributed by atoms with Crippen LogP contribution in [0, 0.1) is 5.92 Å². The van der Waals surface area contributed by atoms with E-state index in [1.807, 2.05) is 0 Å². The Morgan fingerprint density at radius 1 is 1.14 bits per heavy atom. The molecule has 21 heavy (non-hydrogen) atoms. The Morgan fingerprint density at radius 2 is 1.90 bits per heavy atom. The topological polar surface area (TPSA) is 15.3 Å². The number of hydrogen-bond acceptors (Lipinski definition) is 2. The van der Waals surface area contributed by atoms with Crippen molar-refractivity contribution in [2.45, 2.75) is 57.5 Å². The molecule has 0 heterocycles. The zero-order chi connectivity index (χ0) is 14.7. The SMILES string of the molecule is CN(CC1CCCCC1)c1ccc(CNC2CC2)c(Cl)c1. The van der Waals surface area contributed by atoms with Crippen molar-refractivity contribution in [1.29, 1.82) is 0 Å². The van der Waals surface area contributed by atoms with Crippen molar-refractivity contribution in [3.8, 4) is 0 Å². The fraction of sp³-hybridized carbons (Fsp3) is 0.667. The molecule has 0 aromatic heterocycles. The van der Waals surface area contributed by atoms with Gasteiger partial charge in [-0.05, 0) is 49.3 Å². The van der Waals surface area contributed by atoms with Gasteiger partial charge in [-0.3, -0.25) is 0 Å². The van der Waals surface area contributed by atoms with E-state index >= 15 is 0 Å². The molecule has 2 aliphatic carbocycles. The molecule has 2 fully saturated rings. The van der Waals surface area contributed by atoms with Gasteiger partial charge in [0.1, 0.15) is 0 Å². The molecule has 0 radical (unpaired) electrons. The van der Waals surface area contributed by atoms with Crippen molar-refractivity contribution in [3.63, 3.8) is 0 Å². The van der Waals surface area contributed by atoms with Gasteiger partial charge in [-0.1, -0.05) is 36.9 Å². The van der Waals surface area contributed by atoms with Crippen molar-refractivity contribution in [2.24, 2.45) is 5.92 Å². The molecule has 0 bridgehead atoms. The lowest BCUT2D eigenvalue weighted by molar-refractivity contribution is 0.362. The van der Waals surface area contributed by atoms with Gasteiger partial charge in [0, 0.05) is 36.9 Å². The standard InChI is InChI=1S/C18H27ClN2/c1-21(13-14-5-3-2-4-6-14)17-10-7-15(18(19)11-17)12-20-16-8-9-16/h7,10-11,14,16,20H,2-6,8-9,12-13H2,1H3. The summed E-state index contributed by atoms with van der Waals surface area (Å²) < 4.78 is 0. The summed E-state index contributed by atoms with van der Waals surface area (Å²) in [7, 11) is 2.20. The van der Waals surface area contributed by atoms with Crippen LogP contribution < -0.4 is 10.2 Å². The quantitative estimate of drug-likeness (QED) is 0.825. The zero-order valence-corrected chi connectivity index (χ0v) is 13.8. The molecule has 1 aromatic rings. The maximum absolute atomic E-state index is 6.45. The molecule has 0 atom stereocenters. The van der Waals surface area contributed by atoms with Gasteiger partial charge in [0.05, 0.1) is 0 Å². The average molecular weight is 307 g/mol. The van der Waals surface area contributed by atoms with Crippen LogP contribution >= 0.6 is 11.6 Å². The molecule has 0 unspecified atom stereocenters. The van der Waals surface area contributed by atoms with E-state index in [0.29, 0.717) is 0 Å². The van der Waals surface area contributed by atoms with E-state index in [1.54, 1.807) is 0 Å². The molecule has 2 aliphatic rings. The Bertz CT molecular complexity index is 464. The number of benzene rings is 1. The van der Waals surface area contributed by atoms with E-state index in [0.717, 1.165) is 30.1 Å². The molecule has 2 saturated carbocycles. The maximum atomic E-state index is 6.45. The van der Waals surface area contributed by atoms with Gasteiger partial charge in [0.15, 0.2) is 0 Å². The predicted molar refractivity (Wildman–Crippen MR) is 91.2 cm³/mol.